The number of rotatable bonds is 4. The Labute approximate surface area is 130 Å². The van der Waals surface area contributed by atoms with Crippen molar-refractivity contribution in [1.82, 2.24) is 0 Å². The van der Waals surface area contributed by atoms with Crippen LogP contribution in [-0.2, 0) is 6.42 Å². The molecule has 0 heterocycles. The minimum absolute atomic E-state index is 0.272. The summed E-state index contributed by atoms with van der Waals surface area (Å²) in [5.74, 6) is 0.272. The van der Waals surface area contributed by atoms with E-state index in [0.29, 0.717) is 16.6 Å². The monoisotopic (exact) mass is 307 g/mol. The minimum Gasteiger partial charge on any atom is -0.330 e. The van der Waals surface area contributed by atoms with Gasteiger partial charge >= 0.3 is 0 Å². The summed E-state index contributed by atoms with van der Waals surface area (Å²) in [6, 6.07) is 12.1. The van der Waals surface area contributed by atoms with E-state index in [4.69, 9.17) is 28.9 Å². The summed E-state index contributed by atoms with van der Waals surface area (Å²) in [6.45, 7) is 4.83. The summed E-state index contributed by atoms with van der Waals surface area (Å²) in [5.41, 5.74) is 10.9. The van der Waals surface area contributed by atoms with Crippen LogP contribution in [0.3, 0.4) is 0 Å². The number of hydrogen-bond acceptors (Lipinski definition) is 1. The van der Waals surface area contributed by atoms with E-state index in [9.17, 15) is 0 Å². The highest BCUT2D eigenvalue weighted by atomic mass is 35.5. The predicted molar refractivity (Wildman–Crippen MR) is 87.9 cm³/mol. The van der Waals surface area contributed by atoms with Crippen molar-refractivity contribution >= 4 is 23.2 Å². The molecule has 2 aromatic carbocycles. The Morgan fingerprint density at radius 1 is 1.05 bits per heavy atom. The van der Waals surface area contributed by atoms with Crippen LogP contribution in [0.15, 0.2) is 36.4 Å². The van der Waals surface area contributed by atoms with E-state index in [-0.39, 0.29) is 5.92 Å². The van der Waals surface area contributed by atoms with Gasteiger partial charge in [-0.2, -0.15) is 0 Å². The lowest BCUT2D eigenvalue weighted by atomic mass is 9.88. The van der Waals surface area contributed by atoms with Gasteiger partial charge in [0.1, 0.15) is 0 Å². The van der Waals surface area contributed by atoms with Gasteiger partial charge in [0, 0.05) is 16.0 Å². The third-order valence-corrected chi connectivity index (χ3v) is 4.22. The van der Waals surface area contributed by atoms with Crippen LogP contribution in [-0.4, -0.2) is 6.54 Å². The highest BCUT2D eigenvalue weighted by Crippen LogP contribution is 2.28. The van der Waals surface area contributed by atoms with E-state index in [1.54, 1.807) is 6.07 Å². The molecule has 3 heteroatoms. The van der Waals surface area contributed by atoms with E-state index in [1.807, 2.05) is 12.1 Å². The fourth-order valence-corrected chi connectivity index (χ4v) is 3.04. The number of aryl methyl sites for hydroxylation is 2. The van der Waals surface area contributed by atoms with Crippen molar-refractivity contribution in [1.29, 1.82) is 0 Å². The molecule has 0 saturated heterocycles. The van der Waals surface area contributed by atoms with Gasteiger partial charge < -0.3 is 5.73 Å². The van der Waals surface area contributed by atoms with Crippen molar-refractivity contribution in [3.8, 4) is 0 Å². The minimum atomic E-state index is 0.272. The topological polar surface area (TPSA) is 26.0 Å². The summed E-state index contributed by atoms with van der Waals surface area (Å²) in [6.07, 6.45) is 0.830. The first kappa shape index (κ1) is 15.4. The first-order valence-corrected chi connectivity index (χ1v) is 7.48. The van der Waals surface area contributed by atoms with Crippen LogP contribution in [0.2, 0.25) is 10.0 Å². The molecule has 1 nitrogen and oxygen atoms in total. The first-order valence-electron chi connectivity index (χ1n) is 6.72. The maximum atomic E-state index is 6.26. The Kier molecular flexibility index (Phi) is 5.09. The van der Waals surface area contributed by atoms with Crippen LogP contribution >= 0.6 is 23.2 Å². The third kappa shape index (κ3) is 3.54. The number of nitrogens with two attached hydrogens (primary N) is 1. The lowest BCUT2D eigenvalue weighted by Crippen LogP contribution is -2.16. The van der Waals surface area contributed by atoms with E-state index in [2.05, 4.69) is 32.0 Å². The zero-order valence-corrected chi connectivity index (χ0v) is 13.3. The van der Waals surface area contributed by atoms with Gasteiger partial charge in [-0.15, -0.1) is 0 Å². The summed E-state index contributed by atoms with van der Waals surface area (Å²) in [4.78, 5) is 0. The van der Waals surface area contributed by atoms with Gasteiger partial charge in [0.15, 0.2) is 0 Å². The standard InChI is InChI=1S/C17H19Cl2N/c1-11-3-6-16(12(2)7-11)14(10-20)8-13-4-5-15(18)9-17(13)19/h3-7,9,14H,8,10,20H2,1-2H3. The van der Waals surface area contributed by atoms with Crippen LogP contribution in [0.5, 0.6) is 0 Å². The molecule has 0 aliphatic rings. The maximum absolute atomic E-state index is 6.26. The molecule has 0 saturated carbocycles. The normalized spacial score (nSPS) is 12.4. The molecule has 106 valence electrons. The van der Waals surface area contributed by atoms with Gasteiger partial charge in [-0.3, -0.25) is 0 Å². The number of halogens is 2. The molecule has 2 rings (SSSR count). The van der Waals surface area contributed by atoms with Gasteiger partial charge in [-0.1, -0.05) is 53.0 Å². The van der Waals surface area contributed by atoms with Crippen molar-refractivity contribution in [2.24, 2.45) is 5.73 Å². The van der Waals surface area contributed by atoms with Crippen LogP contribution in [0, 0.1) is 13.8 Å². The average Bonchev–Trinajstić information content (AvgIpc) is 2.39. The number of hydrogen-bond donors (Lipinski definition) is 1. The highest BCUT2D eigenvalue weighted by Gasteiger charge is 2.15. The van der Waals surface area contributed by atoms with Gasteiger partial charge in [0.05, 0.1) is 0 Å². The molecule has 0 spiro atoms. The van der Waals surface area contributed by atoms with Crippen molar-refractivity contribution in [3.63, 3.8) is 0 Å². The quantitative estimate of drug-likeness (QED) is 0.854. The molecule has 0 bridgehead atoms. The molecule has 1 unspecified atom stereocenters. The van der Waals surface area contributed by atoms with Gasteiger partial charge in [-0.25, -0.2) is 0 Å². The largest absolute Gasteiger partial charge is 0.330 e. The number of benzene rings is 2. The second kappa shape index (κ2) is 6.62. The molecule has 0 radical (unpaired) electrons. The van der Waals surface area contributed by atoms with Crippen LogP contribution in [0.4, 0.5) is 0 Å². The Bertz CT molecular complexity index is 608. The molecule has 0 amide bonds. The molecule has 2 N–H and O–H groups in total. The summed E-state index contributed by atoms with van der Waals surface area (Å²) in [7, 11) is 0. The molecule has 0 aliphatic heterocycles. The molecule has 20 heavy (non-hydrogen) atoms. The van der Waals surface area contributed by atoms with Crippen molar-refractivity contribution in [2.75, 3.05) is 6.54 Å². The summed E-state index contributed by atoms with van der Waals surface area (Å²) in [5, 5.41) is 1.37. The third-order valence-electron chi connectivity index (χ3n) is 3.63. The molecule has 2 aromatic rings. The van der Waals surface area contributed by atoms with Gasteiger partial charge in [0.25, 0.3) is 0 Å². The Morgan fingerprint density at radius 3 is 2.40 bits per heavy atom. The van der Waals surface area contributed by atoms with Crippen LogP contribution < -0.4 is 5.73 Å². The second-order valence-corrected chi connectivity index (χ2v) is 6.08. The van der Waals surface area contributed by atoms with Crippen LogP contribution in [0.1, 0.15) is 28.2 Å². The van der Waals surface area contributed by atoms with Crippen molar-refractivity contribution < 1.29 is 0 Å². The smallest absolute Gasteiger partial charge is 0.0453 e. The fourth-order valence-electron chi connectivity index (χ4n) is 2.56. The van der Waals surface area contributed by atoms with Crippen molar-refractivity contribution in [3.05, 3.63) is 68.7 Å². The summed E-state index contributed by atoms with van der Waals surface area (Å²) >= 11 is 12.2. The van der Waals surface area contributed by atoms with Crippen molar-refractivity contribution in [2.45, 2.75) is 26.2 Å². The van der Waals surface area contributed by atoms with E-state index in [1.165, 1.54) is 16.7 Å². The maximum Gasteiger partial charge on any atom is 0.0453 e. The molecule has 0 fully saturated rings. The molecule has 0 aromatic heterocycles. The fraction of sp³-hybridized carbons (Fsp3) is 0.294. The Balaban J connectivity index is 2.28. The zero-order chi connectivity index (χ0) is 14.7. The molecule has 1 atom stereocenters. The molecule has 0 aliphatic carbocycles. The van der Waals surface area contributed by atoms with Gasteiger partial charge in [-0.05, 0) is 55.6 Å². The predicted octanol–water partition coefficient (Wildman–Crippen LogP) is 4.90. The van der Waals surface area contributed by atoms with E-state index in [0.717, 1.165) is 12.0 Å². The van der Waals surface area contributed by atoms with E-state index >= 15 is 0 Å². The molecular weight excluding hydrogens is 289 g/mol. The SMILES string of the molecule is Cc1ccc(C(CN)Cc2ccc(Cl)cc2Cl)c(C)c1. The lowest BCUT2D eigenvalue weighted by Gasteiger charge is -2.19. The Hall–Kier alpha value is -1.02. The summed E-state index contributed by atoms with van der Waals surface area (Å²) < 4.78 is 0. The van der Waals surface area contributed by atoms with E-state index < -0.39 is 0 Å². The molecular formula is C17H19Cl2N. The highest BCUT2D eigenvalue weighted by molar-refractivity contribution is 6.35. The second-order valence-electron chi connectivity index (χ2n) is 5.23. The zero-order valence-electron chi connectivity index (χ0n) is 11.8. The van der Waals surface area contributed by atoms with Gasteiger partial charge in [0.2, 0.25) is 0 Å². The lowest BCUT2D eigenvalue weighted by molar-refractivity contribution is 0.690. The Morgan fingerprint density at radius 2 is 1.80 bits per heavy atom. The van der Waals surface area contributed by atoms with Crippen LogP contribution in [0.25, 0.3) is 0 Å². The first-order chi connectivity index (χ1) is 9.51. The average molecular weight is 308 g/mol.